The van der Waals surface area contributed by atoms with Crippen LogP contribution in [-0.2, 0) is 4.74 Å². The van der Waals surface area contributed by atoms with Gasteiger partial charge in [-0.3, -0.25) is 0 Å². The highest BCUT2D eigenvalue weighted by Crippen LogP contribution is 2.36. The molecule has 0 atom stereocenters. The standard InChI is InChI=1S/C14H21N3O2/c1-4-19-13(18)10-6-8-16-12(11(10)15)17-9-5-7-14(17,2)3/h6,8H,4-5,7,9,15H2,1-3H3. The SMILES string of the molecule is CCOC(=O)c1ccnc(N2CCCC2(C)C)c1N. The summed E-state index contributed by atoms with van der Waals surface area (Å²) in [6.45, 7) is 7.36. The average molecular weight is 263 g/mol. The number of aromatic nitrogens is 1. The van der Waals surface area contributed by atoms with Crippen LogP contribution in [0.5, 0.6) is 0 Å². The van der Waals surface area contributed by atoms with Gasteiger partial charge < -0.3 is 15.4 Å². The maximum Gasteiger partial charge on any atom is 0.340 e. The molecule has 0 amide bonds. The van der Waals surface area contributed by atoms with E-state index < -0.39 is 0 Å². The summed E-state index contributed by atoms with van der Waals surface area (Å²) >= 11 is 0. The predicted molar refractivity (Wildman–Crippen MR) is 75.3 cm³/mol. The van der Waals surface area contributed by atoms with Gasteiger partial charge in [0, 0.05) is 18.3 Å². The van der Waals surface area contributed by atoms with Crippen LogP contribution in [0, 0.1) is 0 Å². The fraction of sp³-hybridized carbons (Fsp3) is 0.571. The molecule has 0 bridgehead atoms. The Labute approximate surface area is 113 Å². The molecule has 1 aliphatic heterocycles. The molecule has 0 aliphatic carbocycles. The molecular weight excluding hydrogens is 242 g/mol. The number of anilines is 2. The molecule has 2 N–H and O–H groups in total. The molecule has 1 aromatic rings. The number of nitrogens with two attached hydrogens (primary N) is 1. The zero-order valence-corrected chi connectivity index (χ0v) is 11.8. The molecular formula is C14H21N3O2. The fourth-order valence-corrected chi connectivity index (χ4v) is 2.56. The van der Waals surface area contributed by atoms with E-state index in [4.69, 9.17) is 10.5 Å². The van der Waals surface area contributed by atoms with Crippen LogP contribution in [0.25, 0.3) is 0 Å². The van der Waals surface area contributed by atoms with E-state index in [1.165, 1.54) is 0 Å². The van der Waals surface area contributed by atoms with Gasteiger partial charge in [0.15, 0.2) is 5.82 Å². The van der Waals surface area contributed by atoms with Crippen molar-refractivity contribution in [3.05, 3.63) is 17.8 Å². The Morgan fingerprint density at radius 2 is 2.32 bits per heavy atom. The molecule has 0 saturated carbocycles. The minimum atomic E-state index is -0.388. The lowest BCUT2D eigenvalue weighted by molar-refractivity contribution is 0.0527. The summed E-state index contributed by atoms with van der Waals surface area (Å²) in [6.07, 6.45) is 3.82. The Balaban J connectivity index is 2.37. The van der Waals surface area contributed by atoms with Crippen molar-refractivity contribution in [3.63, 3.8) is 0 Å². The maximum absolute atomic E-state index is 11.8. The Morgan fingerprint density at radius 1 is 1.58 bits per heavy atom. The molecule has 1 saturated heterocycles. The second kappa shape index (κ2) is 5.07. The lowest BCUT2D eigenvalue weighted by Gasteiger charge is -2.33. The van der Waals surface area contributed by atoms with Gasteiger partial charge in [-0.15, -0.1) is 0 Å². The van der Waals surface area contributed by atoms with Gasteiger partial charge in [-0.2, -0.15) is 0 Å². The molecule has 0 aromatic carbocycles. The maximum atomic E-state index is 11.8. The van der Waals surface area contributed by atoms with Gasteiger partial charge in [0.05, 0.1) is 17.9 Å². The fourth-order valence-electron chi connectivity index (χ4n) is 2.56. The first-order valence-electron chi connectivity index (χ1n) is 6.66. The quantitative estimate of drug-likeness (QED) is 0.847. The zero-order valence-electron chi connectivity index (χ0n) is 11.8. The minimum absolute atomic E-state index is 0.0222. The van der Waals surface area contributed by atoms with Crippen molar-refractivity contribution in [1.82, 2.24) is 4.98 Å². The van der Waals surface area contributed by atoms with Gasteiger partial charge in [0.1, 0.15) is 0 Å². The second-order valence-electron chi connectivity index (χ2n) is 5.38. The highest BCUT2D eigenvalue weighted by molar-refractivity contribution is 5.97. The van der Waals surface area contributed by atoms with Crippen LogP contribution >= 0.6 is 0 Å². The first kappa shape index (κ1) is 13.6. The molecule has 19 heavy (non-hydrogen) atoms. The molecule has 1 aromatic heterocycles. The zero-order chi connectivity index (χ0) is 14.0. The van der Waals surface area contributed by atoms with E-state index in [1.807, 2.05) is 0 Å². The number of rotatable bonds is 3. The van der Waals surface area contributed by atoms with E-state index in [1.54, 1.807) is 19.2 Å². The summed E-state index contributed by atoms with van der Waals surface area (Å²) in [7, 11) is 0. The van der Waals surface area contributed by atoms with Crippen molar-refractivity contribution in [2.24, 2.45) is 0 Å². The molecule has 0 radical (unpaired) electrons. The van der Waals surface area contributed by atoms with E-state index in [0.717, 1.165) is 19.4 Å². The number of hydrogen-bond donors (Lipinski definition) is 1. The number of nitrogens with zero attached hydrogens (tertiary/aromatic N) is 2. The summed E-state index contributed by atoms with van der Waals surface area (Å²) in [6, 6.07) is 1.61. The molecule has 104 valence electrons. The van der Waals surface area contributed by atoms with Crippen molar-refractivity contribution >= 4 is 17.5 Å². The van der Waals surface area contributed by atoms with Gasteiger partial charge in [0.25, 0.3) is 0 Å². The van der Waals surface area contributed by atoms with E-state index in [0.29, 0.717) is 23.7 Å². The van der Waals surface area contributed by atoms with E-state index in [2.05, 4.69) is 23.7 Å². The first-order valence-corrected chi connectivity index (χ1v) is 6.66. The van der Waals surface area contributed by atoms with Gasteiger partial charge in [-0.05, 0) is 39.7 Å². The number of nitrogen functional groups attached to an aromatic ring is 1. The van der Waals surface area contributed by atoms with Crippen LogP contribution < -0.4 is 10.6 Å². The Bertz CT molecular complexity index is 486. The second-order valence-corrected chi connectivity index (χ2v) is 5.38. The van der Waals surface area contributed by atoms with Crippen LogP contribution in [-0.4, -0.2) is 29.6 Å². The Hall–Kier alpha value is -1.78. The topological polar surface area (TPSA) is 68.5 Å². The molecule has 2 heterocycles. The van der Waals surface area contributed by atoms with Crippen molar-refractivity contribution in [2.75, 3.05) is 23.8 Å². The molecule has 5 nitrogen and oxygen atoms in total. The van der Waals surface area contributed by atoms with Crippen LogP contribution in [0.1, 0.15) is 44.0 Å². The third-order valence-electron chi connectivity index (χ3n) is 3.62. The number of carbonyl (C=O) groups excluding carboxylic acids is 1. The number of pyridine rings is 1. The molecule has 1 fully saturated rings. The van der Waals surface area contributed by atoms with E-state index in [-0.39, 0.29) is 11.5 Å². The van der Waals surface area contributed by atoms with Crippen LogP contribution in [0.3, 0.4) is 0 Å². The van der Waals surface area contributed by atoms with Crippen LogP contribution in [0.4, 0.5) is 11.5 Å². The van der Waals surface area contributed by atoms with Crippen molar-refractivity contribution in [3.8, 4) is 0 Å². The van der Waals surface area contributed by atoms with Crippen molar-refractivity contribution in [2.45, 2.75) is 39.2 Å². The van der Waals surface area contributed by atoms with Crippen LogP contribution in [0.2, 0.25) is 0 Å². The lowest BCUT2D eigenvalue weighted by Crippen LogP contribution is -2.39. The summed E-state index contributed by atoms with van der Waals surface area (Å²) in [5, 5.41) is 0. The first-order chi connectivity index (χ1) is 8.97. The summed E-state index contributed by atoms with van der Waals surface area (Å²) in [4.78, 5) is 18.4. The molecule has 1 aliphatic rings. The molecule has 2 rings (SSSR count). The van der Waals surface area contributed by atoms with Gasteiger partial charge in [-0.25, -0.2) is 9.78 Å². The Morgan fingerprint density at radius 3 is 2.89 bits per heavy atom. The number of carbonyl (C=O) groups is 1. The third kappa shape index (κ3) is 2.50. The number of hydrogen-bond acceptors (Lipinski definition) is 5. The third-order valence-corrected chi connectivity index (χ3v) is 3.62. The minimum Gasteiger partial charge on any atom is -0.462 e. The largest absolute Gasteiger partial charge is 0.462 e. The number of esters is 1. The normalized spacial score (nSPS) is 17.5. The average Bonchev–Trinajstić information content (AvgIpc) is 2.69. The molecule has 0 unspecified atom stereocenters. The smallest absolute Gasteiger partial charge is 0.340 e. The van der Waals surface area contributed by atoms with Crippen molar-refractivity contribution < 1.29 is 9.53 Å². The van der Waals surface area contributed by atoms with E-state index >= 15 is 0 Å². The molecule has 0 spiro atoms. The molecule has 5 heteroatoms. The van der Waals surface area contributed by atoms with Gasteiger partial charge in [-0.1, -0.05) is 0 Å². The lowest BCUT2D eigenvalue weighted by atomic mass is 10.0. The van der Waals surface area contributed by atoms with Gasteiger partial charge in [0.2, 0.25) is 0 Å². The van der Waals surface area contributed by atoms with Crippen molar-refractivity contribution in [1.29, 1.82) is 0 Å². The summed E-state index contributed by atoms with van der Waals surface area (Å²) in [5.41, 5.74) is 6.94. The highest BCUT2D eigenvalue weighted by atomic mass is 16.5. The summed E-state index contributed by atoms with van der Waals surface area (Å²) < 4.78 is 5.01. The monoisotopic (exact) mass is 263 g/mol. The summed E-state index contributed by atoms with van der Waals surface area (Å²) in [5.74, 6) is 0.300. The predicted octanol–water partition coefficient (Wildman–Crippen LogP) is 2.22. The number of ether oxygens (including phenoxy) is 1. The Kier molecular flexibility index (Phi) is 3.64. The van der Waals surface area contributed by atoms with Gasteiger partial charge >= 0.3 is 5.97 Å². The van der Waals surface area contributed by atoms with Crippen LogP contribution in [0.15, 0.2) is 12.3 Å². The van der Waals surface area contributed by atoms with E-state index in [9.17, 15) is 4.79 Å². The highest BCUT2D eigenvalue weighted by Gasteiger charge is 2.34.